The third-order valence-corrected chi connectivity index (χ3v) is 7.87. The molecule has 6 nitrogen and oxygen atoms in total. The number of rotatable bonds is 5. The number of thioether (sulfide) groups is 1. The van der Waals surface area contributed by atoms with E-state index in [9.17, 15) is 8.42 Å². The van der Waals surface area contributed by atoms with E-state index in [-0.39, 0.29) is 4.75 Å². The SMILES string of the molecule is CN=C(NCCNS(=O)(=O)c1ccc(C)s1)N1CCSC(C)(C)C1. The van der Waals surface area contributed by atoms with Crippen molar-refractivity contribution in [2.24, 2.45) is 4.99 Å². The van der Waals surface area contributed by atoms with E-state index in [1.807, 2.05) is 24.8 Å². The number of nitrogens with zero attached hydrogens (tertiary/aromatic N) is 2. The van der Waals surface area contributed by atoms with Gasteiger partial charge in [0.25, 0.3) is 0 Å². The van der Waals surface area contributed by atoms with Crippen molar-refractivity contribution in [3.05, 3.63) is 17.0 Å². The Morgan fingerprint density at radius 1 is 1.38 bits per heavy atom. The lowest BCUT2D eigenvalue weighted by atomic mass is 10.2. The Morgan fingerprint density at radius 2 is 2.12 bits per heavy atom. The lowest BCUT2D eigenvalue weighted by Gasteiger charge is -2.39. The van der Waals surface area contributed by atoms with Gasteiger partial charge in [-0.2, -0.15) is 11.8 Å². The standard InChI is InChI=1S/C15H26N4O2S3/c1-12-5-6-13(23-12)24(20,21)18-8-7-17-14(16-4)19-9-10-22-15(2,3)11-19/h5-6,18H,7-11H2,1-4H3,(H,16,17). The Kier molecular flexibility index (Phi) is 6.58. The van der Waals surface area contributed by atoms with Gasteiger partial charge in [-0.1, -0.05) is 0 Å². The van der Waals surface area contributed by atoms with Crippen LogP contribution in [0.3, 0.4) is 0 Å². The van der Waals surface area contributed by atoms with E-state index in [4.69, 9.17) is 0 Å². The first kappa shape index (κ1) is 19.6. The fraction of sp³-hybridized carbons (Fsp3) is 0.667. The zero-order chi connectivity index (χ0) is 17.8. The molecule has 1 aromatic heterocycles. The second kappa shape index (κ2) is 8.07. The Balaban J connectivity index is 1.82. The highest BCUT2D eigenvalue weighted by molar-refractivity contribution is 8.00. The summed E-state index contributed by atoms with van der Waals surface area (Å²) in [5, 5.41) is 3.25. The van der Waals surface area contributed by atoms with Crippen molar-refractivity contribution < 1.29 is 8.42 Å². The summed E-state index contributed by atoms with van der Waals surface area (Å²) in [6.07, 6.45) is 0. The summed E-state index contributed by atoms with van der Waals surface area (Å²) in [6.45, 7) is 9.06. The average Bonchev–Trinajstić information content (AvgIpc) is 2.94. The number of guanidine groups is 1. The molecule has 0 amide bonds. The van der Waals surface area contributed by atoms with E-state index in [2.05, 4.69) is 33.8 Å². The van der Waals surface area contributed by atoms with Crippen molar-refractivity contribution in [1.29, 1.82) is 0 Å². The van der Waals surface area contributed by atoms with E-state index < -0.39 is 10.0 Å². The molecule has 0 unspecified atom stereocenters. The predicted octanol–water partition coefficient (Wildman–Crippen LogP) is 1.74. The molecule has 0 aromatic carbocycles. The molecular weight excluding hydrogens is 364 g/mol. The van der Waals surface area contributed by atoms with Crippen molar-refractivity contribution in [2.75, 3.05) is 39.0 Å². The van der Waals surface area contributed by atoms with E-state index in [1.165, 1.54) is 11.3 Å². The van der Waals surface area contributed by atoms with Gasteiger partial charge in [-0.25, -0.2) is 13.1 Å². The third kappa shape index (κ3) is 5.37. The van der Waals surface area contributed by atoms with Gasteiger partial charge in [-0.3, -0.25) is 4.99 Å². The minimum atomic E-state index is -3.42. The molecule has 1 aliphatic rings. The first-order valence-electron chi connectivity index (χ1n) is 7.89. The first-order chi connectivity index (χ1) is 11.2. The normalized spacial score (nSPS) is 18.7. The molecule has 136 valence electrons. The Labute approximate surface area is 153 Å². The van der Waals surface area contributed by atoms with Gasteiger partial charge in [0.2, 0.25) is 10.0 Å². The number of aryl methyl sites for hydroxylation is 1. The summed E-state index contributed by atoms with van der Waals surface area (Å²) in [6, 6.07) is 3.46. The minimum Gasteiger partial charge on any atom is -0.355 e. The summed E-state index contributed by atoms with van der Waals surface area (Å²) in [5.74, 6) is 1.90. The second-order valence-corrected chi connectivity index (χ2v) is 11.4. The van der Waals surface area contributed by atoms with Crippen LogP contribution < -0.4 is 10.0 Å². The van der Waals surface area contributed by atoms with Crippen LogP contribution >= 0.6 is 23.1 Å². The number of hydrogen-bond donors (Lipinski definition) is 2. The third-order valence-electron chi connectivity index (χ3n) is 3.62. The molecule has 0 spiro atoms. The fourth-order valence-corrected chi connectivity index (χ4v) is 5.99. The minimum absolute atomic E-state index is 0.203. The Bertz CT molecular complexity index is 683. The average molecular weight is 391 g/mol. The molecule has 1 fully saturated rings. The van der Waals surface area contributed by atoms with Gasteiger partial charge in [-0.15, -0.1) is 11.3 Å². The zero-order valence-corrected chi connectivity index (χ0v) is 17.1. The molecule has 2 heterocycles. The molecule has 1 saturated heterocycles. The fourth-order valence-electron chi connectivity index (χ4n) is 2.52. The summed E-state index contributed by atoms with van der Waals surface area (Å²) >= 11 is 3.25. The first-order valence-corrected chi connectivity index (χ1v) is 11.2. The molecule has 0 atom stereocenters. The van der Waals surface area contributed by atoms with Crippen LogP contribution in [0.15, 0.2) is 21.3 Å². The smallest absolute Gasteiger partial charge is 0.250 e. The second-order valence-electron chi connectivity index (χ2n) is 6.27. The molecule has 0 bridgehead atoms. The molecule has 24 heavy (non-hydrogen) atoms. The molecule has 0 saturated carbocycles. The summed E-state index contributed by atoms with van der Waals surface area (Å²) in [5.41, 5.74) is 0. The van der Waals surface area contributed by atoms with Crippen LogP contribution in [0.2, 0.25) is 0 Å². The van der Waals surface area contributed by atoms with E-state index in [1.54, 1.807) is 13.1 Å². The van der Waals surface area contributed by atoms with Crippen LogP contribution in [0.4, 0.5) is 0 Å². The molecule has 0 aliphatic carbocycles. The van der Waals surface area contributed by atoms with Gasteiger partial charge in [0.05, 0.1) is 0 Å². The number of hydrogen-bond acceptors (Lipinski definition) is 5. The quantitative estimate of drug-likeness (QED) is 0.455. The Morgan fingerprint density at radius 3 is 2.71 bits per heavy atom. The summed E-state index contributed by atoms with van der Waals surface area (Å²) in [7, 11) is -1.66. The maximum atomic E-state index is 12.2. The molecule has 1 aliphatic heterocycles. The van der Waals surface area contributed by atoms with Crippen LogP contribution in [-0.4, -0.2) is 63.0 Å². The highest BCUT2D eigenvalue weighted by atomic mass is 32.2. The van der Waals surface area contributed by atoms with E-state index in [0.717, 1.165) is 29.7 Å². The lowest BCUT2D eigenvalue weighted by Crippen LogP contribution is -2.51. The van der Waals surface area contributed by atoms with Crippen LogP contribution in [0, 0.1) is 6.92 Å². The van der Waals surface area contributed by atoms with Crippen molar-refractivity contribution in [3.63, 3.8) is 0 Å². The maximum Gasteiger partial charge on any atom is 0.250 e. The van der Waals surface area contributed by atoms with Gasteiger partial charge in [0.15, 0.2) is 5.96 Å². The van der Waals surface area contributed by atoms with Crippen molar-refractivity contribution in [1.82, 2.24) is 14.9 Å². The largest absolute Gasteiger partial charge is 0.355 e. The molecule has 9 heteroatoms. The van der Waals surface area contributed by atoms with Crippen molar-refractivity contribution >= 4 is 39.1 Å². The van der Waals surface area contributed by atoms with Gasteiger partial charge in [0, 0.05) is 48.6 Å². The number of sulfonamides is 1. The van der Waals surface area contributed by atoms with Crippen LogP contribution in [0.25, 0.3) is 0 Å². The van der Waals surface area contributed by atoms with Gasteiger partial charge >= 0.3 is 0 Å². The molecule has 0 radical (unpaired) electrons. The highest BCUT2D eigenvalue weighted by Gasteiger charge is 2.28. The zero-order valence-electron chi connectivity index (χ0n) is 14.6. The Hall–Kier alpha value is -0.770. The van der Waals surface area contributed by atoms with Crippen molar-refractivity contribution in [2.45, 2.75) is 29.7 Å². The molecule has 1 aromatic rings. The van der Waals surface area contributed by atoms with Gasteiger partial charge in [0.1, 0.15) is 4.21 Å². The van der Waals surface area contributed by atoms with Gasteiger partial charge < -0.3 is 10.2 Å². The van der Waals surface area contributed by atoms with E-state index >= 15 is 0 Å². The van der Waals surface area contributed by atoms with Gasteiger partial charge in [-0.05, 0) is 32.9 Å². The number of nitrogens with one attached hydrogen (secondary N) is 2. The lowest BCUT2D eigenvalue weighted by molar-refractivity contribution is 0.376. The monoisotopic (exact) mass is 390 g/mol. The topological polar surface area (TPSA) is 73.8 Å². The number of thiophene rings is 1. The summed E-state index contributed by atoms with van der Waals surface area (Å²) < 4.78 is 27.5. The number of aliphatic imine (C=N–C) groups is 1. The maximum absolute atomic E-state index is 12.2. The highest BCUT2D eigenvalue weighted by Crippen LogP contribution is 2.29. The van der Waals surface area contributed by atoms with E-state index in [0.29, 0.717) is 17.3 Å². The molecular formula is C15H26N4O2S3. The predicted molar refractivity (Wildman–Crippen MR) is 104 cm³/mol. The van der Waals surface area contributed by atoms with Crippen LogP contribution in [-0.2, 0) is 10.0 Å². The van der Waals surface area contributed by atoms with Crippen molar-refractivity contribution in [3.8, 4) is 0 Å². The summed E-state index contributed by atoms with van der Waals surface area (Å²) in [4.78, 5) is 7.54. The van der Waals surface area contributed by atoms with Crippen LogP contribution in [0.5, 0.6) is 0 Å². The van der Waals surface area contributed by atoms with Crippen LogP contribution in [0.1, 0.15) is 18.7 Å². The molecule has 2 N–H and O–H groups in total. The molecule has 2 rings (SSSR count).